The molecule has 0 atom stereocenters. The molecule has 18 heavy (non-hydrogen) atoms. The third kappa shape index (κ3) is 2.70. The first-order chi connectivity index (χ1) is 8.58. The monoisotopic (exact) mass is 308 g/mol. The maximum absolute atomic E-state index is 12.0. The molecule has 0 radical (unpaired) electrons. The van der Waals surface area contributed by atoms with E-state index in [9.17, 15) is 4.79 Å². The van der Waals surface area contributed by atoms with Crippen LogP contribution in [-0.4, -0.2) is 15.9 Å². The van der Waals surface area contributed by atoms with Gasteiger partial charge in [0.1, 0.15) is 0 Å². The highest BCUT2D eigenvalue weighted by Crippen LogP contribution is 2.22. The lowest BCUT2D eigenvalue weighted by molar-refractivity contribution is 0.0950. The highest BCUT2D eigenvalue weighted by molar-refractivity contribution is 9.10. The van der Waals surface area contributed by atoms with Crippen LogP contribution in [0.4, 0.5) is 5.69 Å². The van der Waals surface area contributed by atoms with Gasteiger partial charge in [0.05, 0.1) is 18.6 Å². The summed E-state index contributed by atoms with van der Waals surface area (Å²) in [4.78, 5) is 18.8. The number of halogens is 1. The molecule has 94 valence electrons. The van der Waals surface area contributed by atoms with Crippen molar-refractivity contribution in [2.75, 3.05) is 5.73 Å². The van der Waals surface area contributed by atoms with E-state index in [4.69, 9.17) is 5.73 Å². The Morgan fingerprint density at radius 1 is 1.56 bits per heavy atom. The number of imidazole rings is 1. The molecular formula is C12H13BrN4O. The number of nitrogens with zero attached hydrogens (tertiary/aromatic N) is 1. The van der Waals surface area contributed by atoms with Crippen molar-refractivity contribution in [2.45, 2.75) is 13.5 Å². The Kier molecular flexibility index (Phi) is 3.66. The van der Waals surface area contributed by atoms with E-state index in [1.165, 1.54) is 0 Å². The number of nitrogen functional groups attached to an aromatic ring is 1. The number of carbonyl (C=O) groups excluding carboxylic acids is 1. The van der Waals surface area contributed by atoms with Gasteiger partial charge in [-0.2, -0.15) is 0 Å². The van der Waals surface area contributed by atoms with Crippen molar-refractivity contribution in [1.82, 2.24) is 15.3 Å². The number of anilines is 1. The van der Waals surface area contributed by atoms with Gasteiger partial charge in [-0.25, -0.2) is 4.98 Å². The molecule has 0 aliphatic carbocycles. The average molecular weight is 309 g/mol. The number of nitrogens with two attached hydrogens (primary N) is 1. The second-order valence-corrected chi connectivity index (χ2v) is 4.84. The van der Waals surface area contributed by atoms with Crippen LogP contribution in [0, 0.1) is 6.92 Å². The fraction of sp³-hybridized carbons (Fsp3) is 0.167. The third-order valence-corrected chi connectivity index (χ3v) is 3.11. The van der Waals surface area contributed by atoms with Gasteiger partial charge in [0.15, 0.2) is 0 Å². The first-order valence-corrected chi connectivity index (χ1v) is 6.18. The van der Waals surface area contributed by atoms with Crippen molar-refractivity contribution in [3.63, 3.8) is 0 Å². The molecule has 0 aliphatic heterocycles. The summed E-state index contributed by atoms with van der Waals surface area (Å²) in [7, 11) is 0. The second-order valence-electron chi connectivity index (χ2n) is 3.93. The van der Waals surface area contributed by atoms with E-state index in [0.29, 0.717) is 17.8 Å². The molecule has 5 nitrogen and oxygen atoms in total. The molecule has 6 heteroatoms. The van der Waals surface area contributed by atoms with E-state index in [0.717, 1.165) is 15.7 Å². The maximum Gasteiger partial charge on any atom is 0.251 e. The summed E-state index contributed by atoms with van der Waals surface area (Å²) in [6, 6.07) is 3.54. The SMILES string of the molecule is Cc1c(N)cc(Br)cc1C(=O)NCc1cnc[nH]1. The molecule has 0 spiro atoms. The molecular weight excluding hydrogens is 296 g/mol. The topological polar surface area (TPSA) is 83.8 Å². The minimum absolute atomic E-state index is 0.157. The number of benzene rings is 1. The van der Waals surface area contributed by atoms with Gasteiger partial charge < -0.3 is 16.0 Å². The molecule has 1 heterocycles. The van der Waals surface area contributed by atoms with Crippen molar-refractivity contribution in [1.29, 1.82) is 0 Å². The van der Waals surface area contributed by atoms with Crippen LogP contribution in [0.5, 0.6) is 0 Å². The molecule has 1 amide bonds. The summed E-state index contributed by atoms with van der Waals surface area (Å²) in [5.74, 6) is -0.157. The van der Waals surface area contributed by atoms with Crippen LogP contribution in [0.25, 0.3) is 0 Å². The fourth-order valence-electron chi connectivity index (χ4n) is 1.59. The minimum Gasteiger partial charge on any atom is -0.398 e. The molecule has 0 unspecified atom stereocenters. The molecule has 0 fully saturated rings. The van der Waals surface area contributed by atoms with E-state index in [-0.39, 0.29) is 5.91 Å². The Hall–Kier alpha value is -1.82. The van der Waals surface area contributed by atoms with Crippen LogP contribution in [0.1, 0.15) is 21.6 Å². The van der Waals surface area contributed by atoms with E-state index >= 15 is 0 Å². The number of nitrogens with one attached hydrogen (secondary N) is 2. The highest BCUT2D eigenvalue weighted by atomic mass is 79.9. The van der Waals surface area contributed by atoms with E-state index in [2.05, 4.69) is 31.2 Å². The van der Waals surface area contributed by atoms with Crippen molar-refractivity contribution >= 4 is 27.5 Å². The first kappa shape index (κ1) is 12.6. The zero-order valence-electron chi connectivity index (χ0n) is 9.83. The minimum atomic E-state index is -0.157. The van der Waals surface area contributed by atoms with Crippen molar-refractivity contribution < 1.29 is 4.79 Å². The first-order valence-electron chi connectivity index (χ1n) is 5.39. The van der Waals surface area contributed by atoms with E-state index in [1.807, 2.05) is 6.92 Å². The van der Waals surface area contributed by atoms with Gasteiger partial charge in [0.2, 0.25) is 0 Å². The quantitative estimate of drug-likeness (QED) is 0.758. The van der Waals surface area contributed by atoms with Crippen molar-refractivity contribution in [3.05, 3.63) is 46.0 Å². The molecule has 4 N–H and O–H groups in total. The number of amides is 1. The summed E-state index contributed by atoms with van der Waals surface area (Å²) < 4.78 is 0.789. The number of hydrogen-bond donors (Lipinski definition) is 3. The Morgan fingerprint density at radius 3 is 3.00 bits per heavy atom. The zero-order chi connectivity index (χ0) is 13.1. The summed E-state index contributed by atoms with van der Waals surface area (Å²) >= 11 is 3.33. The molecule has 1 aromatic carbocycles. The average Bonchev–Trinajstić information content (AvgIpc) is 2.83. The van der Waals surface area contributed by atoms with Crippen LogP contribution in [0.15, 0.2) is 29.1 Å². The second kappa shape index (κ2) is 5.22. The number of hydrogen-bond acceptors (Lipinski definition) is 3. The van der Waals surface area contributed by atoms with Crippen LogP contribution < -0.4 is 11.1 Å². The van der Waals surface area contributed by atoms with Crippen LogP contribution >= 0.6 is 15.9 Å². The lowest BCUT2D eigenvalue weighted by Gasteiger charge is -2.09. The van der Waals surface area contributed by atoms with Gasteiger partial charge in [-0.1, -0.05) is 15.9 Å². The number of H-pyrrole nitrogens is 1. The van der Waals surface area contributed by atoms with Gasteiger partial charge in [0.25, 0.3) is 5.91 Å². The fourth-order valence-corrected chi connectivity index (χ4v) is 2.06. The third-order valence-electron chi connectivity index (χ3n) is 2.65. The normalized spacial score (nSPS) is 10.3. The Labute approximate surface area is 113 Å². The Balaban J connectivity index is 2.14. The standard InChI is InChI=1S/C12H13BrN4O/c1-7-10(2-8(13)3-11(7)14)12(18)16-5-9-4-15-6-17-9/h2-4,6H,5,14H2,1H3,(H,15,17)(H,16,18). The molecule has 1 aromatic heterocycles. The van der Waals surface area contributed by atoms with Crippen molar-refractivity contribution in [2.24, 2.45) is 0 Å². The number of aromatic nitrogens is 2. The highest BCUT2D eigenvalue weighted by Gasteiger charge is 2.12. The van der Waals surface area contributed by atoms with Crippen LogP contribution in [0.2, 0.25) is 0 Å². The van der Waals surface area contributed by atoms with Crippen molar-refractivity contribution in [3.8, 4) is 0 Å². The van der Waals surface area contributed by atoms with E-state index in [1.54, 1.807) is 24.7 Å². The molecule has 0 saturated heterocycles. The van der Waals surface area contributed by atoms with Gasteiger partial charge in [-0.05, 0) is 24.6 Å². The largest absolute Gasteiger partial charge is 0.398 e. The van der Waals surface area contributed by atoms with Gasteiger partial charge in [-0.3, -0.25) is 4.79 Å². The smallest absolute Gasteiger partial charge is 0.251 e. The summed E-state index contributed by atoms with van der Waals surface area (Å²) in [5, 5.41) is 2.81. The summed E-state index contributed by atoms with van der Waals surface area (Å²) in [6.07, 6.45) is 3.24. The summed E-state index contributed by atoms with van der Waals surface area (Å²) in [6.45, 7) is 2.23. The molecule has 0 bridgehead atoms. The summed E-state index contributed by atoms with van der Waals surface area (Å²) in [5.41, 5.74) is 8.62. The zero-order valence-corrected chi connectivity index (χ0v) is 11.4. The van der Waals surface area contributed by atoms with E-state index < -0.39 is 0 Å². The molecule has 0 aliphatic rings. The maximum atomic E-state index is 12.0. The molecule has 2 rings (SSSR count). The Morgan fingerprint density at radius 2 is 2.33 bits per heavy atom. The number of rotatable bonds is 3. The van der Waals surface area contributed by atoms with Crippen LogP contribution in [-0.2, 0) is 6.54 Å². The number of carbonyl (C=O) groups is 1. The van der Waals surface area contributed by atoms with Gasteiger partial charge in [-0.15, -0.1) is 0 Å². The lowest BCUT2D eigenvalue weighted by Crippen LogP contribution is -2.24. The predicted octanol–water partition coefficient (Wildman–Crippen LogP) is 1.99. The van der Waals surface area contributed by atoms with Gasteiger partial charge in [0, 0.05) is 21.9 Å². The number of aromatic amines is 1. The lowest BCUT2D eigenvalue weighted by atomic mass is 10.1. The Bertz CT molecular complexity index is 566. The molecule has 2 aromatic rings. The molecule has 0 saturated carbocycles. The predicted molar refractivity (Wildman–Crippen MR) is 73.0 cm³/mol. The van der Waals surface area contributed by atoms with Crippen LogP contribution in [0.3, 0.4) is 0 Å². The van der Waals surface area contributed by atoms with Gasteiger partial charge >= 0.3 is 0 Å².